The predicted molar refractivity (Wildman–Crippen MR) is 87.1 cm³/mol. The molecule has 2 atom stereocenters. The van der Waals surface area contributed by atoms with Gasteiger partial charge >= 0.3 is 0 Å². The van der Waals surface area contributed by atoms with Crippen molar-refractivity contribution in [2.45, 2.75) is 63.2 Å². The molecule has 0 amide bonds. The molecule has 126 valence electrons. The standard InChI is InChI=1S/C14H29NO4S2/c1-3-10-15-13-8-6-4-5-7-9-14(13)21(18,19)12-11-20(2,16)17/h13-15H,3-12H2,1-2H3. The van der Waals surface area contributed by atoms with E-state index in [0.717, 1.165) is 51.3 Å². The highest BCUT2D eigenvalue weighted by Crippen LogP contribution is 2.24. The highest BCUT2D eigenvalue weighted by Gasteiger charge is 2.33. The largest absolute Gasteiger partial charge is 0.313 e. The van der Waals surface area contributed by atoms with E-state index in [0.29, 0.717) is 6.42 Å². The van der Waals surface area contributed by atoms with Crippen LogP contribution in [-0.4, -0.2) is 52.4 Å². The normalized spacial score (nSPS) is 25.2. The van der Waals surface area contributed by atoms with Crippen LogP contribution in [0.1, 0.15) is 51.9 Å². The second-order valence-corrected chi connectivity index (χ2v) is 10.7. The van der Waals surface area contributed by atoms with Crippen LogP contribution in [0, 0.1) is 0 Å². The Kier molecular flexibility index (Phi) is 7.64. The monoisotopic (exact) mass is 339 g/mol. The maximum atomic E-state index is 12.6. The molecule has 1 aliphatic rings. The molecule has 1 fully saturated rings. The van der Waals surface area contributed by atoms with Gasteiger partial charge < -0.3 is 5.32 Å². The van der Waals surface area contributed by atoms with Gasteiger partial charge in [-0.05, 0) is 25.8 Å². The quantitative estimate of drug-likeness (QED) is 0.761. The fourth-order valence-electron chi connectivity index (χ4n) is 2.86. The van der Waals surface area contributed by atoms with Crippen molar-refractivity contribution in [3.05, 3.63) is 0 Å². The predicted octanol–water partition coefficient (Wildman–Crippen LogP) is 1.54. The Balaban J connectivity index is 2.83. The average Bonchev–Trinajstić information content (AvgIpc) is 2.34. The van der Waals surface area contributed by atoms with E-state index >= 15 is 0 Å². The average molecular weight is 340 g/mol. The first-order valence-corrected chi connectivity index (χ1v) is 11.7. The fraction of sp³-hybridized carbons (Fsp3) is 1.00. The summed E-state index contributed by atoms with van der Waals surface area (Å²) >= 11 is 0. The van der Waals surface area contributed by atoms with E-state index in [1.165, 1.54) is 0 Å². The van der Waals surface area contributed by atoms with E-state index in [2.05, 4.69) is 12.2 Å². The molecule has 1 saturated carbocycles. The molecule has 7 heteroatoms. The topological polar surface area (TPSA) is 80.3 Å². The van der Waals surface area contributed by atoms with Gasteiger partial charge in [-0.2, -0.15) is 0 Å². The van der Waals surface area contributed by atoms with Gasteiger partial charge in [-0.1, -0.05) is 32.6 Å². The van der Waals surface area contributed by atoms with E-state index in [1.807, 2.05) is 0 Å². The molecule has 0 spiro atoms. The first-order valence-electron chi connectivity index (χ1n) is 7.89. The van der Waals surface area contributed by atoms with Gasteiger partial charge in [0.15, 0.2) is 9.84 Å². The van der Waals surface area contributed by atoms with Crippen LogP contribution in [0.2, 0.25) is 0 Å². The molecule has 1 rings (SSSR count). The fourth-order valence-corrected chi connectivity index (χ4v) is 6.56. The third-order valence-corrected chi connectivity index (χ3v) is 7.52. The van der Waals surface area contributed by atoms with Crippen LogP contribution >= 0.6 is 0 Å². The molecular weight excluding hydrogens is 310 g/mol. The molecule has 2 unspecified atom stereocenters. The molecule has 0 heterocycles. The Morgan fingerprint density at radius 2 is 1.57 bits per heavy atom. The molecule has 0 aliphatic heterocycles. The summed E-state index contributed by atoms with van der Waals surface area (Å²) in [6.07, 6.45) is 7.74. The Morgan fingerprint density at radius 3 is 2.14 bits per heavy atom. The summed E-state index contributed by atoms with van der Waals surface area (Å²) in [6, 6.07) is -0.0326. The lowest BCUT2D eigenvalue weighted by Gasteiger charge is -2.30. The first-order chi connectivity index (χ1) is 9.76. The summed E-state index contributed by atoms with van der Waals surface area (Å²) in [5.41, 5.74) is 0. The number of hydrogen-bond donors (Lipinski definition) is 1. The van der Waals surface area contributed by atoms with Gasteiger partial charge in [0.1, 0.15) is 9.84 Å². The van der Waals surface area contributed by atoms with Crippen LogP contribution in [0.4, 0.5) is 0 Å². The molecule has 21 heavy (non-hydrogen) atoms. The number of nitrogens with one attached hydrogen (secondary N) is 1. The second-order valence-electron chi connectivity index (χ2n) is 6.09. The van der Waals surface area contributed by atoms with E-state index in [9.17, 15) is 16.8 Å². The molecule has 0 saturated heterocycles. The van der Waals surface area contributed by atoms with Gasteiger partial charge in [0, 0.05) is 12.3 Å². The summed E-state index contributed by atoms with van der Waals surface area (Å²) < 4.78 is 47.6. The van der Waals surface area contributed by atoms with Crippen LogP contribution < -0.4 is 5.32 Å². The van der Waals surface area contributed by atoms with E-state index < -0.39 is 24.9 Å². The summed E-state index contributed by atoms with van der Waals surface area (Å²) in [6.45, 7) is 2.87. The van der Waals surface area contributed by atoms with Crippen LogP contribution in [0.15, 0.2) is 0 Å². The minimum Gasteiger partial charge on any atom is -0.313 e. The third-order valence-electron chi connectivity index (χ3n) is 4.06. The van der Waals surface area contributed by atoms with Gasteiger partial charge in [0.2, 0.25) is 0 Å². The molecular formula is C14H29NO4S2. The highest BCUT2D eigenvalue weighted by atomic mass is 32.2. The Bertz CT molecular complexity index is 497. The molecule has 0 radical (unpaired) electrons. The summed E-state index contributed by atoms with van der Waals surface area (Å²) in [4.78, 5) is 0. The number of hydrogen-bond acceptors (Lipinski definition) is 5. The first kappa shape index (κ1) is 18.9. The van der Waals surface area contributed by atoms with Crippen molar-refractivity contribution in [3.63, 3.8) is 0 Å². The molecule has 1 aliphatic carbocycles. The minimum absolute atomic E-state index is 0.0326. The lowest BCUT2D eigenvalue weighted by Crippen LogP contribution is -2.46. The molecule has 0 aromatic carbocycles. The van der Waals surface area contributed by atoms with Gasteiger partial charge in [-0.3, -0.25) is 0 Å². The van der Waals surface area contributed by atoms with Gasteiger partial charge in [-0.15, -0.1) is 0 Å². The van der Waals surface area contributed by atoms with Gasteiger partial charge in [0.25, 0.3) is 0 Å². The van der Waals surface area contributed by atoms with Crippen LogP contribution in [-0.2, 0) is 19.7 Å². The number of sulfone groups is 2. The Hall–Kier alpha value is -0.140. The molecule has 0 bridgehead atoms. The van der Waals surface area contributed by atoms with Crippen molar-refractivity contribution < 1.29 is 16.8 Å². The summed E-state index contributed by atoms with van der Waals surface area (Å²) in [7, 11) is -6.62. The molecule has 0 aromatic heterocycles. The van der Waals surface area contributed by atoms with E-state index in [4.69, 9.17) is 0 Å². The maximum Gasteiger partial charge on any atom is 0.155 e. The SMILES string of the molecule is CCCNC1CCCCCCC1S(=O)(=O)CCS(C)(=O)=O. The summed E-state index contributed by atoms with van der Waals surface area (Å²) in [5, 5.41) is 2.92. The Morgan fingerprint density at radius 1 is 0.952 bits per heavy atom. The Labute approximate surface area is 129 Å². The van der Waals surface area contributed by atoms with Gasteiger partial charge in [0.05, 0.1) is 16.8 Å². The van der Waals surface area contributed by atoms with E-state index in [-0.39, 0.29) is 17.5 Å². The van der Waals surface area contributed by atoms with Crippen molar-refractivity contribution in [1.82, 2.24) is 5.32 Å². The second kappa shape index (κ2) is 8.48. The smallest absolute Gasteiger partial charge is 0.155 e. The zero-order valence-corrected chi connectivity index (χ0v) is 14.8. The highest BCUT2D eigenvalue weighted by molar-refractivity contribution is 7.95. The zero-order chi connectivity index (χ0) is 15.9. The minimum atomic E-state index is -3.38. The van der Waals surface area contributed by atoms with Crippen LogP contribution in [0.25, 0.3) is 0 Å². The van der Waals surface area contributed by atoms with Crippen molar-refractivity contribution in [1.29, 1.82) is 0 Å². The van der Waals surface area contributed by atoms with Crippen molar-refractivity contribution in [2.24, 2.45) is 0 Å². The maximum absolute atomic E-state index is 12.6. The van der Waals surface area contributed by atoms with Crippen LogP contribution in [0.3, 0.4) is 0 Å². The summed E-state index contributed by atoms with van der Waals surface area (Å²) in [5.74, 6) is -0.521. The lowest BCUT2D eigenvalue weighted by atomic mass is 9.96. The molecule has 5 nitrogen and oxygen atoms in total. The van der Waals surface area contributed by atoms with Crippen LogP contribution in [0.5, 0.6) is 0 Å². The van der Waals surface area contributed by atoms with Crippen molar-refractivity contribution in [2.75, 3.05) is 24.3 Å². The van der Waals surface area contributed by atoms with Gasteiger partial charge in [-0.25, -0.2) is 16.8 Å². The van der Waals surface area contributed by atoms with Crippen molar-refractivity contribution in [3.8, 4) is 0 Å². The molecule has 1 N–H and O–H groups in total. The van der Waals surface area contributed by atoms with E-state index in [1.54, 1.807) is 0 Å². The lowest BCUT2D eigenvalue weighted by molar-refractivity contribution is 0.387. The molecule has 0 aromatic rings. The van der Waals surface area contributed by atoms with Crippen molar-refractivity contribution >= 4 is 19.7 Å². The zero-order valence-electron chi connectivity index (χ0n) is 13.2. The third kappa shape index (κ3) is 7.10. The number of rotatable bonds is 7.